The molecule has 0 bridgehead atoms. The van der Waals surface area contributed by atoms with Gasteiger partial charge in [0.15, 0.2) is 0 Å². The topological polar surface area (TPSA) is 229 Å². The number of rotatable bonds is 18. The lowest BCUT2D eigenvalue weighted by atomic mass is 10.0. The first-order valence-electron chi connectivity index (χ1n) is 23.7. The van der Waals surface area contributed by atoms with Crippen molar-refractivity contribution in [2.45, 2.75) is 128 Å². The van der Waals surface area contributed by atoms with Gasteiger partial charge in [0.2, 0.25) is 5.91 Å². The summed E-state index contributed by atoms with van der Waals surface area (Å²) in [7, 11) is 0. The molecule has 6 aliphatic rings. The second-order valence-corrected chi connectivity index (χ2v) is 20.2. The predicted molar refractivity (Wildman–Crippen MR) is 265 cm³/mol. The normalized spacial score (nSPS) is 23.0. The molecule has 22 heteroatoms. The van der Waals surface area contributed by atoms with Gasteiger partial charge in [-0.25, -0.2) is 24.0 Å². The molecule has 0 aromatic heterocycles. The van der Waals surface area contributed by atoms with Gasteiger partial charge in [0.05, 0.1) is 26.4 Å². The number of ether oxygens (including phenoxy) is 5. The quantitative estimate of drug-likeness (QED) is 0.0930. The minimum atomic E-state index is -0.708. The maximum atomic E-state index is 12.5. The molecule has 0 aliphatic carbocycles. The third kappa shape index (κ3) is 13.2. The van der Waals surface area contributed by atoms with Gasteiger partial charge in [-0.05, 0) is 81.7 Å². The molecule has 6 aliphatic heterocycles. The van der Waals surface area contributed by atoms with Crippen molar-refractivity contribution in [3.63, 3.8) is 0 Å². The first-order chi connectivity index (χ1) is 33.6. The maximum absolute atomic E-state index is 12.5. The van der Waals surface area contributed by atoms with Crippen LogP contribution in [0.3, 0.4) is 0 Å². The van der Waals surface area contributed by atoms with E-state index in [9.17, 15) is 38.4 Å². The van der Waals surface area contributed by atoms with Gasteiger partial charge < -0.3 is 39.6 Å². The molecule has 0 unspecified atom stereocenters. The minimum absolute atomic E-state index is 0.0153. The lowest BCUT2D eigenvalue weighted by Gasteiger charge is -2.49. The third-order valence-electron chi connectivity index (χ3n) is 11.2. The fourth-order valence-corrected chi connectivity index (χ4v) is 11.6. The number of alkyl carbamates (subject to hydrolysis) is 2. The van der Waals surface area contributed by atoms with Crippen LogP contribution in [0.25, 0.3) is 0 Å². The zero-order valence-corrected chi connectivity index (χ0v) is 43.6. The van der Waals surface area contributed by atoms with Gasteiger partial charge in [-0.1, -0.05) is 65.0 Å². The summed E-state index contributed by atoms with van der Waals surface area (Å²) in [6.07, 6.45) is 2.66. The second kappa shape index (κ2) is 26.9. The van der Waals surface area contributed by atoms with Crippen molar-refractivity contribution in [1.29, 1.82) is 0 Å². The van der Waals surface area contributed by atoms with E-state index in [4.69, 9.17) is 23.7 Å². The number of β-lactam (4-membered cyclic amide) rings is 3. The number of hydrogen-bond acceptors (Lipinski definition) is 17. The van der Waals surface area contributed by atoms with E-state index in [0.29, 0.717) is 67.9 Å². The average molecular weight is 1030 g/mol. The van der Waals surface area contributed by atoms with Crippen molar-refractivity contribution >= 4 is 83.1 Å². The second-order valence-electron chi connectivity index (χ2n) is 16.9. The predicted octanol–water partition coefficient (Wildman–Crippen LogP) is 5.55. The van der Waals surface area contributed by atoms with Crippen molar-refractivity contribution in [1.82, 2.24) is 30.7 Å². The Kier molecular flexibility index (Phi) is 21.4. The van der Waals surface area contributed by atoms with Crippen LogP contribution in [-0.4, -0.2) is 147 Å². The Balaban J connectivity index is 0.000000198. The fourth-order valence-electron chi connectivity index (χ4n) is 7.69. The van der Waals surface area contributed by atoms with E-state index in [1.54, 1.807) is 16.7 Å². The average Bonchev–Trinajstić information content (AvgIpc) is 3.36. The van der Waals surface area contributed by atoms with Gasteiger partial charge in [-0.15, -0.1) is 35.3 Å². The summed E-state index contributed by atoms with van der Waals surface area (Å²) in [4.78, 5) is 102. The molecular weight excluding hydrogens is 965 g/mol. The molecule has 19 nitrogen and oxygen atoms in total. The van der Waals surface area contributed by atoms with Gasteiger partial charge in [0, 0.05) is 17.3 Å². The van der Waals surface area contributed by atoms with Gasteiger partial charge in [0.25, 0.3) is 11.8 Å². The van der Waals surface area contributed by atoms with E-state index in [0.717, 1.165) is 53.8 Å². The van der Waals surface area contributed by atoms with Crippen molar-refractivity contribution in [2.24, 2.45) is 0 Å². The summed E-state index contributed by atoms with van der Waals surface area (Å²) < 4.78 is 25.7. The van der Waals surface area contributed by atoms with Crippen LogP contribution in [0.2, 0.25) is 0 Å². The van der Waals surface area contributed by atoms with Gasteiger partial charge in [-0.3, -0.25) is 29.1 Å². The van der Waals surface area contributed by atoms with Crippen molar-refractivity contribution in [2.75, 3.05) is 50.2 Å². The van der Waals surface area contributed by atoms with Crippen LogP contribution < -0.4 is 16.0 Å². The summed E-state index contributed by atoms with van der Waals surface area (Å²) in [5.41, 5.74) is 4.47. The van der Waals surface area contributed by atoms with Crippen molar-refractivity contribution in [3.05, 3.63) is 69.7 Å². The third-order valence-corrected chi connectivity index (χ3v) is 15.5. The Morgan fingerprint density at radius 3 is 1.26 bits per heavy atom. The molecule has 6 atom stereocenters. The smallest absolute Gasteiger partial charge is 0.408 e. The largest absolute Gasteiger partial charge is 0.461 e. The highest BCUT2D eigenvalue weighted by Gasteiger charge is 2.56. The zero-order chi connectivity index (χ0) is 51.1. The zero-order valence-electron chi connectivity index (χ0n) is 41.1. The van der Waals surface area contributed by atoms with E-state index in [-0.39, 0.29) is 52.5 Å². The molecule has 1 aromatic carbocycles. The summed E-state index contributed by atoms with van der Waals surface area (Å²) in [5.74, 6) is 0.0127. The van der Waals surface area contributed by atoms with Crippen LogP contribution >= 0.6 is 35.3 Å². The van der Waals surface area contributed by atoms with Gasteiger partial charge in [0.1, 0.15) is 57.9 Å². The Hall–Kier alpha value is -5.19. The number of nitrogens with zero attached hydrogens (tertiary/aromatic N) is 3. The summed E-state index contributed by atoms with van der Waals surface area (Å²) in [6.45, 7) is 17.5. The molecule has 70 heavy (non-hydrogen) atoms. The molecule has 3 fully saturated rings. The number of carbonyl (C=O) groups is 8. The lowest BCUT2D eigenvalue weighted by molar-refractivity contribution is -0.151. The molecule has 384 valence electrons. The molecule has 0 radical (unpaired) electrons. The number of esters is 3. The number of hydrogen-bond donors (Lipinski definition) is 3. The van der Waals surface area contributed by atoms with Crippen LogP contribution in [0.5, 0.6) is 0 Å². The molecule has 0 saturated carbocycles. The van der Waals surface area contributed by atoms with Crippen LogP contribution in [0.4, 0.5) is 9.59 Å². The first-order valence-corrected chi connectivity index (χ1v) is 26.9. The van der Waals surface area contributed by atoms with Crippen molar-refractivity contribution in [3.8, 4) is 0 Å². The fraction of sp³-hybridized carbons (Fsp3) is 0.583. The summed E-state index contributed by atoms with van der Waals surface area (Å²) in [6, 6.07) is 7.76. The summed E-state index contributed by atoms with van der Waals surface area (Å²) in [5, 5.41) is 7.84. The van der Waals surface area contributed by atoms with E-state index >= 15 is 0 Å². The monoisotopic (exact) mass is 1030 g/mol. The van der Waals surface area contributed by atoms with Crippen LogP contribution in [-0.2, 0) is 59.1 Å². The number of carbonyl (C=O) groups excluding carboxylic acids is 8. The van der Waals surface area contributed by atoms with Crippen LogP contribution in [0, 0.1) is 0 Å². The standard InChI is InChI=1S/C19H22N2O5S.C15H22N2O5S.C14H22N2O3S/c1-3-9-25-18(23)15-12(2)11-27-17-14(16(22)21(15)17)20-19(24)26-10-13-7-5-4-6-8-13;1-4-6-21-14(19)11-9(3)8-23-13-10(12(18)17(11)13)16-15(20)22-7-5-2;1-4-6-15-10-12(17)16-11(14(18)19-7-5-2)9(3)8-20-13(10)16/h4-8,14,17H,3,9-11H2,1-2H3,(H,20,24);10,13H,4-8H2,1-3H3,(H,16,20);10,13,15H,4-8H2,1-3H3/t14-,17-;2*10-,13-/m111/s1. The molecule has 7 rings (SSSR count). The molecule has 0 spiro atoms. The molecule has 3 N–H and O–H groups in total. The number of nitrogens with one attached hydrogen (secondary N) is 3. The number of benzene rings is 1. The highest BCUT2D eigenvalue weighted by atomic mass is 32.2. The Bertz CT molecular complexity index is 2210. The highest BCUT2D eigenvalue weighted by molar-refractivity contribution is 8.00. The van der Waals surface area contributed by atoms with Crippen LogP contribution in [0.15, 0.2) is 64.1 Å². The molecule has 5 amide bonds. The van der Waals surface area contributed by atoms with E-state index in [1.165, 1.54) is 33.3 Å². The first kappa shape index (κ1) is 55.7. The number of thioether (sulfide) groups is 3. The molecule has 1 aromatic rings. The Morgan fingerprint density at radius 1 is 0.514 bits per heavy atom. The van der Waals surface area contributed by atoms with Crippen molar-refractivity contribution < 1.29 is 62.0 Å². The summed E-state index contributed by atoms with van der Waals surface area (Å²) >= 11 is 4.72. The maximum Gasteiger partial charge on any atom is 0.408 e. The van der Waals surface area contributed by atoms with E-state index < -0.39 is 36.2 Å². The van der Waals surface area contributed by atoms with E-state index in [1.807, 2.05) is 78.8 Å². The molecule has 3 saturated heterocycles. The van der Waals surface area contributed by atoms with E-state index in [2.05, 4.69) is 22.9 Å². The highest BCUT2D eigenvalue weighted by Crippen LogP contribution is 2.43. The number of amides is 5. The Labute approximate surface area is 422 Å². The number of fused-ring (bicyclic) bond motifs is 3. The van der Waals surface area contributed by atoms with Crippen LogP contribution in [0.1, 0.15) is 93.1 Å². The van der Waals surface area contributed by atoms with Gasteiger partial charge >= 0.3 is 30.1 Å². The minimum Gasteiger partial charge on any atom is -0.461 e. The molecular formula is C48H66N6O13S3. The Morgan fingerprint density at radius 2 is 0.871 bits per heavy atom. The molecule has 6 heterocycles. The lowest BCUT2D eigenvalue weighted by Crippen LogP contribution is -2.70. The SMILES string of the molecule is CCCN[C@@H]1C(=O)N2C(C(=O)OCCC)=C(C)CS[C@H]12.CCCOC(=O)C1=C(C)CS[C@@H]2[C@H](NC(=O)OCc3ccccc3)C(=O)N12.CCCOC(=O)N[C@@H]1C(=O)N2C(C(=O)OCCC)=C(C)CS[C@H]12. The van der Waals surface area contributed by atoms with Gasteiger partial charge in [-0.2, -0.15) is 0 Å².